The highest BCUT2D eigenvalue weighted by molar-refractivity contribution is 5.57. The van der Waals surface area contributed by atoms with Gasteiger partial charge in [0.1, 0.15) is 91.6 Å². The van der Waals surface area contributed by atoms with Gasteiger partial charge in [0.15, 0.2) is 25.2 Å². The number of hydrogen-bond donors (Lipinski definition) is 10. The van der Waals surface area contributed by atoms with Gasteiger partial charge in [0.2, 0.25) is 0 Å². The first-order chi connectivity index (χ1) is 23.0. The number of carbonyl (C=O) groups excluding carboxylic acids is 1. The zero-order valence-corrected chi connectivity index (χ0v) is 27.9. The summed E-state index contributed by atoms with van der Waals surface area (Å²) in [6.45, 7) is 7.19. The molecule has 0 amide bonds. The molecule has 0 bridgehead atoms. The Morgan fingerprint density at radius 2 is 1.08 bits per heavy atom. The number of aliphatic hydroxyl groups excluding tert-OH is 10. The molecule has 0 aromatic rings. The number of rotatable bonds is 11. The molecule has 4 aliphatic rings. The summed E-state index contributed by atoms with van der Waals surface area (Å²) in [6, 6.07) is 0. The molecule has 49 heavy (non-hydrogen) atoms. The lowest BCUT2D eigenvalue weighted by Gasteiger charge is -2.49. The summed E-state index contributed by atoms with van der Waals surface area (Å²) in [4.78, 5) is 12.1. The highest BCUT2D eigenvalue weighted by Gasteiger charge is 2.55. The van der Waals surface area contributed by atoms with E-state index in [1.54, 1.807) is 13.8 Å². The summed E-state index contributed by atoms with van der Waals surface area (Å²) < 4.78 is 44.9. The molecule has 0 spiro atoms. The number of aliphatic hydroxyl groups is 10. The van der Waals surface area contributed by atoms with Crippen LogP contribution in [0.25, 0.3) is 0 Å². The van der Waals surface area contributed by atoms with E-state index in [1.165, 1.54) is 0 Å². The molecule has 4 rings (SSSR count). The highest BCUT2D eigenvalue weighted by atomic mass is 16.8. The second kappa shape index (κ2) is 16.7. The van der Waals surface area contributed by atoms with E-state index in [4.69, 9.17) is 37.9 Å². The van der Waals surface area contributed by atoms with Crippen LogP contribution in [-0.2, 0) is 42.7 Å². The molecule has 0 aliphatic carbocycles. The summed E-state index contributed by atoms with van der Waals surface area (Å²) in [5.74, 6) is 0. The summed E-state index contributed by atoms with van der Waals surface area (Å²) in [7, 11) is 0. The van der Waals surface area contributed by atoms with Crippen molar-refractivity contribution < 1.29 is 93.8 Å². The fraction of sp³-hybridized carbons (Fsp3) is 0.967. The lowest BCUT2D eigenvalue weighted by Crippen LogP contribution is -2.67. The van der Waals surface area contributed by atoms with E-state index in [1.807, 2.05) is 20.8 Å². The minimum Gasteiger partial charge on any atom is -0.394 e. The highest BCUT2D eigenvalue weighted by Crippen LogP contribution is 2.37. The number of ether oxygens (including phenoxy) is 8. The number of hydrogen-bond acceptors (Lipinski definition) is 19. The van der Waals surface area contributed by atoms with E-state index >= 15 is 0 Å². The average molecular weight is 717 g/mol. The van der Waals surface area contributed by atoms with Gasteiger partial charge in [0, 0.05) is 6.61 Å². The van der Waals surface area contributed by atoms with Gasteiger partial charge in [0.05, 0.1) is 25.4 Å². The van der Waals surface area contributed by atoms with Gasteiger partial charge in [0.25, 0.3) is 0 Å². The Morgan fingerprint density at radius 3 is 1.63 bits per heavy atom. The van der Waals surface area contributed by atoms with Crippen molar-refractivity contribution in [2.45, 2.75) is 157 Å². The minimum absolute atomic E-state index is 0.0672. The lowest BCUT2D eigenvalue weighted by atomic mass is 9.80. The van der Waals surface area contributed by atoms with E-state index in [2.05, 4.69) is 0 Å². The predicted octanol–water partition coefficient (Wildman–Crippen LogP) is -5.37. The molecule has 0 saturated carbocycles. The van der Waals surface area contributed by atoms with Crippen LogP contribution >= 0.6 is 0 Å². The van der Waals surface area contributed by atoms with Crippen molar-refractivity contribution in [3.8, 4) is 0 Å². The summed E-state index contributed by atoms with van der Waals surface area (Å²) in [6.07, 6.45) is -30.5. The molecule has 0 aromatic carbocycles. The van der Waals surface area contributed by atoms with Crippen LogP contribution in [0.3, 0.4) is 0 Å². The smallest absolute Gasteiger partial charge is 0.187 e. The maximum Gasteiger partial charge on any atom is 0.187 e. The quantitative estimate of drug-likeness (QED) is 0.0893. The van der Waals surface area contributed by atoms with E-state index in [-0.39, 0.29) is 12.9 Å². The maximum atomic E-state index is 12.1. The van der Waals surface area contributed by atoms with Crippen molar-refractivity contribution in [3.63, 3.8) is 0 Å². The van der Waals surface area contributed by atoms with Crippen LogP contribution in [0.4, 0.5) is 0 Å². The van der Waals surface area contributed by atoms with Gasteiger partial charge in [-0.05, 0) is 19.3 Å². The monoisotopic (exact) mass is 716 g/mol. The minimum atomic E-state index is -1.99. The van der Waals surface area contributed by atoms with E-state index in [0.717, 1.165) is 0 Å². The van der Waals surface area contributed by atoms with Crippen LogP contribution in [0.2, 0.25) is 0 Å². The number of aldehydes is 1. The third kappa shape index (κ3) is 8.45. The van der Waals surface area contributed by atoms with Crippen LogP contribution in [0.15, 0.2) is 0 Å². The van der Waals surface area contributed by atoms with Gasteiger partial charge in [-0.3, -0.25) is 0 Å². The topological polar surface area (TPSA) is 293 Å². The summed E-state index contributed by atoms with van der Waals surface area (Å²) >= 11 is 0. The Morgan fingerprint density at radius 1 is 0.592 bits per heavy atom. The van der Waals surface area contributed by atoms with Crippen LogP contribution in [0.5, 0.6) is 0 Å². The van der Waals surface area contributed by atoms with Crippen molar-refractivity contribution in [2.75, 3.05) is 19.8 Å². The second-order valence-electron chi connectivity index (χ2n) is 13.8. The molecule has 4 aliphatic heterocycles. The molecule has 4 fully saturated rings. The van der Waals surface area contributed by atoms with E-state index in [0.29, 0.717) is 0 Å². The average Bonchev–Trinajstić information content (AvgIpc) is 3.05. The van der Waals surface area contributed by atoms with E-state index in [9.17, 15) is 55.9 Å². The standard InChI is InChI=1S/C30H52O19/c1-6-42-25-14(34)11(7-31)44-29(21(25)41)49-24-13(9-33)46-28(20(40)17(24)37)48-23-12(8-32)45-27(19(39)16(23)36)47-22-10(2)43-26(30(3,4)5)18(38)15(22)35/h9-29,31-32,34-41H,6-8H2,1-5H3. The lowest BCUT2D eigenvalue weighted by molar-refractivity contribution is -0.380. The van der Waals surface area contributed by atoms with Gasteiger partial charge in [-0.25, -0.2) is 0 Å². The van der Waals surface area contributed by atoms with Crippen molar-refractivity contribution in [3.05, 3.63) is 0 Å². The Bertz CT molecular complexity index is 1050. The van der Waals surface area contributed by atoms with Gasteiger partial charge in [-0.1, -0.05) is 20.8 Å². The number of carbonyl (C=O) groups is 1. The van der Waals surface area contributed by atoms with Crippen molar-refractivity contribution >= 4 is 6.29 Å². The molecular weight excluding hydrogens is 664 g/mol. The molecule has 20 atom stereocenters. The fourth-order valence-corrected chi connectivity index (χ4v) is 6.54. The van der Waals surface area contributed by atoms with Crippen LogP contribution in [-0.4, -0.2) is 200 Å². The molecular formula is C30H52O19. The largest absolute Gasteiger partial charge is 0.394 e. The molecule has 20 unspecified atom stereocenters. The first kappa shape index (κ1) is 40.7. The maximum absolute atomic E-state index is 12.1. The van der Waals surface area contributed by atoms with Gasteiger partial charge >= 0.3 is 0 Å². The van der Waals surface area contributed by atoms with Gasteiger partial charge < -0.3 is 93.8 Å². The third-order valence-corrected chi connectivity index (χ3v) is 9.26. The van der Waals surface area contributed by atoms with Gasteiger partial charge in [-0.2, -0.15) is 0 Å². The first-order valence-corrected chi connectivity index (χ1v) is 16.3. The van der Waals surface area contributed by atoms with Crippen LogP contribution in [0, 0.1) is 5.41 Å². The Balaban J connectivity index is 1.43. The summed E-state index contributed by atoms with van der Waals surface area (Å²) in [5, 5.41) is 106. The fourth-order valence-electron chi connectivity index (χ4n) is 6.54. The van der Waals surface area contributed by atoms with Crippen LogP contribution in [0.1, 0.15) is 34.6 Å². The molecule has 0 radical (unpaired) electrons. The molecule has 19 nitrogen and oxygen atoms in total. The van der Waals surface area contributed by atoms with Crippen molar-refractivity contribution in [1.82, 2.24) is 0 Å². The predicted molar refractivity (Wildman–Crippen MR) is 158 cm³/mol. The molecule has 0 aromatic heterocycles. The van der Waals surface area contributed by atoms with Crippen molar-refractivity contribution in [1.29, 1.82) is 0 Å². The van der Waals surface area contributed by atoms with Crippen molar-refractivity contribution in [2.24, 2.45) is 5.41 Å². The molecule has 286 valence electrons. The normalized spacial score (nSPS) is 49.9. The third-order valence-electron chi connectivity index (χ3n) is 9.26. The second-order valence-corrected chi connectivity index (χ2v) is 13.8. The zero-order chi connectivity index (χ0) is 36.5. The Kier molecular flexibility index (Phi) is 13.9. The molecule has 4 heterocycles. The zero-order valence-electron chi connectivity index (χ0n) is 27.9. The summed E-state index contributed by atoms with van der Waals surface area (Å²) in [5.41, 5.74) is -0.540. The first-order valence-electron chi connectivity index (χ1n) is 16.3. The molecule has 10 N–H and O–H groups in total. The Hall–Kier alpha value is -1.05. The Labute approximate surface area is 282 Å². The van der Waals surface area contributed by atoms with Crippen LogP contribution < -0.4 is 0 Å². The molecule has 4 saturated heterocycles. The molecule has 19 heteroatoms. The van der Waals surface area contributed by atoms with E-state index < -0.39 is 141 Å². The van der Waals surface area contributed by atoms with Gasteiger partial charge in [-0.15, -0.1) is 0 Å². The SMILES string of the molecule is CCOC1C(O)C(CO)OC(OC2C(C=O)OC(OC3C(CO)OC(OC4C(C)OC(C(C)(C)C)C(O)C4O)C(O)C3O)C(O)C2O)C1O.